The monoisotopic (exact) mass is 312 g/mol. The number of aromatic amines is 1. The summed E-state index contributed by atoms with van der Waals surface area (Å²) in [7, 11) is 0. The van der Waals surface area contributed by atoms with Crippen molar-refractivity contribution in [2.75, 3.05) is 0 Å². The zero-order valence-corrected chi connectivity index (χ0v) is 13.0. The number of esters is 1. The number of ketones is 1. The molecule has 0 aliphatic heterocycles. The Labute approximate surface area is 132 Å². The molecule has 0 spiro atoms. The van der Waals surface area contributed by atoms with E-state index >= 15 is 0 Å². The van der Waals surface area contributed by atoms with Crippen LogP contribution in [0.15, 0.2) is 34.9 Å². The number of aryl methyl sites for hydroxylation is 2. The first-order valence-electron chi connectivity index (χ1n) is 7.23. The van der Waals surface area contributed by atoms with Crippen LogP contribution in [0, 0.1) is 13.8 Å². The van der Waals surface area contributed by atoms with Gasteiger partial charge >= 0.3 is 5.97 Å². The number of H-pyrrole nitrogens is 1. The van der Waals surface area contributed by atoms with Crippen LogP contribution in [0.2, 0.25) is 0 Å². The van der Waals surface area contributed by atoms with Crippen molar-refractivity contribution < 1.29 is 18.8 Å². The molecule has 118 valence electrons. The lowest BCUT2D eigenvalue weighted by Gasteiger charge is -2.11. The highest BCUT2D eigenvalue weighted by Crippen LogP contribution is 2.24. The Morgan fingerprint density at radius 1 is 1.26 bits per heavy atom. The fourth-order valence-corrected chi connectivity index (χ4v) is 2.53. The number of rotatable bonds is 4. The highest BCUT2D eigenvalue weighted by Gasteiger charge is 2.26. The minimum Gasteiger partial charge on any atom is -0.448 e. The van der Waals surface area contributed by atoms with Gasteiger partial charge in [0.1, 0.15) is 0 Å². The van der Waals surface area contributed by atoms with E-state index in [9.17, 15) is 9.59 Å². The molecule has 6 heteroatoms. The van der Waals surface area contributed by atoms with E-state index in [1.807, 2.05) is 31.2 Å². The second-order valence-corrected chi connectivity index (χ2v) is 5.41. The lowest BCUT2D eigenvalue weighted by atomic mass is 10.0. The maximum Gasteiger partial charge on any atom is 0.377 e. The summed E-state index contributed by atoms with van der Waals surface area (Å²) < 4.78 is 10.1. The molecular formula is C17H16N2O4. The van der Waals surface area contributed by atoms with Crippen LogP contribution in [0.25, 0.3) is 10.9 Å². The molecule has 0 saturated heterocycles. The molecular weight excluding hydrogens is 296 g/mol. The van der Waals surface area contributed by atoms with Crippen molar-refractivity contribution in [1.82, 2.24) is 10.1 Å². The third-order valence-electron chi connectivity index (χ3n) is 3.62. The van der Waals surface area contributed by atoms with Crippen molar-refractivity contribution >= 4 is 22.7 Å². The van der Waals surface area contributed by atoms with Gasteiger partial charge < -0.3 is 14.2 Å². The average Bonchev–Trinajstić information content (AvgIpc) is 3.09. The molecule has 0 bridgehead atoms. The first kappa shape index (κ1) is 15.0. The van der Waals surface area contributed by atoms with E-state index in [2.05, 4.69) is 10.1 Å². The fourth-order valence-electron chi connectivity index (χ4n) is 2.53. The van der Waals surface area contributed by atoms with E-state index in [-0.39, 0.29) is 11.5 Å². The molecule has 0 unspecified atom stereocenters. The van der Waals surface area contributed by atoms with Gasteiger partial charge in [0, 0.05) is 28.2 Å². The summed E-state index contributed by atoms with van der Waals surface area (Å²) >= 11 is 0. The quantitative estimate of drug-likeness (QED) is 0.590. The second-order valence-electron chi connectivity index (χ2n) is 5.41. The van der Waals surface area contributed by atoms with E-state index in [1.54, 1.807) is 13.8 Å². The molecule has 0 amide bonds. The number of para-hydroxylation sites is 1. The Hall–Kier alpha value is -2.89. The van der Waals surface area contributed by atoms with Crippen LogP contribution in [-0.4, -0.2) is 28.0 Å². The van der Waals surface area contributed by atoms with Crippen molar-refractivity contribution in [2.24, 2.45) is 0 Å². The first-order valence-corrected chi connectivity index (χ1v) is 7.23. The molecule has 1 N–H and O–H groups in total. The number of nitrogens with one attached hydrogen (secondary N) is 1. The summed E-state index contributed by atoms with van der Waals surface area (Å²) in [6.07, 6.45) is -0.925. The molecule has 0 radical (unpaired) electrons. The summed E-state index contributed by atoms with van der Waals surface area (Å²) in [4.78, 5) is 27.8. The van der Waals surface area contributed by atoms with Crippen molar-refractivity contribution in [3.05, 3.63) is 53.0 Å². The molecule has 3 rings (SSSR count). The smallest absolute Gasteiger partial charge is 0.377 e. The van der Waals surface area contributed by atoms with Gasteiger partial charge in [-0.05, 0) is 26.8 Å². The molecule has 1 aromatic carbocycles. The minimum absolute atomic E-state index is 0.0159. The maximum absolute atomic E-state index is 12.7. The van der Waals surface area contributed by atoms with Gasteiger partial charge in [0.15, 0.2) is 6.10 Å². The summed E-state index contributed by atoms with van der Waals surface area (Å²) in [6, 6.07) is 8.98. The minimum atomic E-state index is -0.925. The molecule has 0 aliphatic carbocycles. The van der Waals surface area contributed by atoms with Gasteiger partial charge in [0.05, 0.1) is 5.69 Å². The van der Waals surface area contributed by atoms with Gasteiger partial charge in [0.25, 0.3) is 0 Å². The lowest BCUT2D eigenvalue weighted by Crippen LogP contribution is -2.24. The number of Topliss-reactive ketones (excluding diaryl/α,β-unsaturated/α-hetero) is 1. The van der Waals surface area contributed by atoms with Gasteiger partial charge in [-0.15, -0.1) is 0 Å². The van der Waals surface area contributed by atoms with Crippen LogP contribution in [0.5, 0.6) is 0 Å². The summed E-state index contributed by atoms with van der Waals surface area (Å²) in [6.45, 7) is 5.07. The van der Waals surface area contributed by atoms with Gasteiger partial charge in [0.2, 0.25) is 11.5 Å². The molecule has 23 heavy (non-hydrogen) atoms. The molecule has 0 fully saturated rings. The Morgan fingerprint density at radius 3 is 2.70 bits per heavy atom. The van der Waals surface area contributed by atoms with E-state index in [1.165, 1.54) is 6.07 Å². The van der Waals surface area contributed by atoms with Crippen LogP contribution in [0.3, 0.4) is 0 Å². The number of fused-ring (bicyclic) bond motifs is 1. The van der Waals surface area contributed by atoms with Crippen molar-refractivity contribution in [3.63, 3.8) is 0 Å². The number of ether oxygens (including phenoxy) is 1. The second kappa shape index (κ2) is 5.72. The van der Waals surface area contributed by atoms with E-state index in [4.69, 9.17) is 9.26 Å². The molecule has 6 nitrogen and oxygen atoms in total. The Morgan fingerprint density at radius 2 is 2.00 bits per heavy atom. The van der Waals surface area contributed by atoms with Crippen LogP contribution >= 0.6 is 0 Å². The summed E-state index contributed by atoms with van der Waals surface area (Å²) in [5.74, 6) is -0.980. The number of hydrogen-bond acceptors (Lipinski definition) is 5. The number of hydrogen-bond donors (Lipinski definition) is 1. The SMILES string of the molecule is Cc1cc(C(=O)O[C@H](C)C(=O)c2c(C)[nH]c3ccccc23)on1. The highest BCUT2D eigenvalue weighted by molar-refractivity contribution is 6.11. The van der Waals surface area contributed by atoms with Crippen molar-refractivity contribution in [2.45, 2.75) is 26.9 Å². The molecule has 0 saturated carbocycles. The predicted molar refractivity (Wildman–Crippen MR) is 83.5 cm³/mol. The third-order valence-corrected chi connectivity index (χ3v) is 3.62. The maximum atomic E-state index is 12.7. The molecule has 0 aliphatic rings. The standard InChI is InChI=1S/C17H16N2O4/c1-9-8-14(23-19-9)17(21)22-11(3)16(20)15-10(2)18-13-7-5-4-6-12(13)15/h4-8,11,18H,1-3H3/t11-/m1/s1. The average molecular weight is 312 g/mol. The number of carbonyl (C=O) groups is 2. The first-order chi connectivity index (χ1) is 11.0. The van der Waals surface area contributed by atoms with Crippen LogP contribution in [0.1, 0.15) is 39.2 Å². The molecule has 1 atom stereocenters. The highest BCUT2D eigenvalue weighted by atomic mass is 16.6. The van der Waals surface area contributed by atoms with E-state index in [0.717, 1.165) is 16.6 Å². The number of carbonyl (C=O) groups excluding carboxylic acids is 2. The lowest BCUT2D eigenvalue weighted by molar-refractivity contribution is 0.0281. The predicted octanol–water partition coefficient (Wildman–Crippen LogP) is 3.20. The number of benzene rings is 1. The fraction of sp³-hybridized carbons (Fsp3) is 0.235. The topological polar surface area (TPSA) is 85.2 Å². The Balaban J connectivity index is 1.84. The number of nitrogens with zero attached hydrogens (tertiary/aromatic N) is 1. The van der Waals surface area contributed by atoms with Gasteiger partial charge in [-0.2, -0.15) is 0 Å². The Bertz CT molecular complexity index is 891. The van der Waals surface area contributed by atoms with Crippen LogP contribution < -0.4 is 0 Å². The van der Waals surface area contributed by atoms with Gasteiger partial charge in [-0.25, -0.2) is 4.79 Å². The zero-order valence-electron chi connectivity index (χ0n) is 13.0. The molecule has 3 aromatic rings. The molecule has 2 aromatic heterocycles. The van der Waals surface area contributed by atoms with E-state index in [0.29, 0.717) is 11.3 Å². The number of aromatic nitrogens is 2. The third kappa shape index (κ3) is 2.75. The zero-order chi connectivity index (χ0) is 16.6. The van der Waals surface area contributed by atoms with Gasteiger partial charge in [-0.3, -0.25) is 4.79 Å². The largest absolute Gasteiger partial charge is 0.448 e. The van der Waals surface area contributed by atoms with Crippen molar-refractivity contribution in [1.29, 1.82) is 0 Å². The summed E-state index contributed by atoms with van der Waals surface area (Å²) in [5.41, 5.74) is 2.73. The van der Waals surface area contributed by atoms with Crippen LogP contribution in [-0.2, 0) is 4.74 Å². The normalized spacial score (nSPS) is 12.3. The Kier molecular flexibility index (Phi) is 3.73. The van der Waals surface area contributed by atoms with Gasteiger partial charge in [-0.1, -0.05) is 23.4 Å². The van der Waals surface area contributed by atoms with E-state index < -0.39 is 12.1 Å². The molecule has 2 heterocycles. The van der Waals surface area contributed by atoms with Crippen molar-refractivity contribution in [3.8, 4) is 0 Å². The summed E-state index contributed by atoms with van der Waals surface area (Å²) in [5, 5.41) is 4.44. The van der Waals surface area contributed by atoms with Crippen LogP contribution in [0.4, 0.5) is 0 Å².